The molecule has 17 heavy (non-hydrogen) atoms. The number of rotatable bonds is 4. The SMILES string of the molecule is CCOC(=O)C(C)(C#N)c1ncccc1OC. The fourth-order valence-electron chi connectivity index (χ4n) is 1.40. The Hall–Kier alpha value is -2.09. The molecule has 0 fully saturated rings. The maximum Gasteiger partial charge on any atom is 0.332 e. The molecule has 5 heteroatoms. The van der Waals surface area contributed by atoms with Crippen molar-refractivity contribution in [3.8, 4) is 11.8 Å². The molecule has 0 spiro atoms. The Morgan fingerprint density at radius 1 is 1.65 bits per heavy atom. The molecule has 0 radical (unpaired) electrons. The molecule has 0 bridgehead atoms. The summed E-state index contributed by atoms with van der Waals surface area (Å²) in [7, 11) is 1.46. The van der Waals surface area contributed by atoms with Crippen LogP contribution >= 0.6 is 0 Å². The van der Waals surface area contributed by atoms with Gasteiger partial charge in [0.15, 0.2) is 5.41 Å². The molecule has 1 aromatic heterocycles. The summed E-state index contributed by atoms with van der Waals surface area (Å²) < 4.78 is 10.00. The van der Waals surface area contributed by atoms with Crippen LogP contribution in [0.15, 0.2) is 18.3 Å². The van der Waals surface area contributed by atoms with E-state index in [2.05, 4.69) is 4.98 Å². The van der Waals surface area contributed by atoms with Crippen LogP contribution < -0.4 is 4.74 Å². The number of esters is 1. The van der Waals surface area contributed by atoms with Crippen LogP contribution in [0.3, 0.4) is 0 Å². The summed E-state index contributed by atoms with van der Waals surface area (Å²) in [6, 6.07) is 5.26. The molecule has 1 heterocycles. The number of ether oxygens (including phenoxy) is 2. The molecule has 0 saturated heterocycles. The average molecular weight is 234 g/mol. The Labute approximate surface area is 100.0 Å². The van der Waals surface area contributed by atoms with Gasteiger partial charge in [0, 0.05) is 6.20 Å². The number of methoxy groups -OCH3 is 1. The van der Waals surface area contributed by atoms with E-state index in [0.717, 1.165) is 0 Å². The van der Waals surface area contributed by atoms with Crippen molar-refractivity contribution >= 4 is 5.97 Å². The monoisotopic (exact) mass is 234 g/mol. The highest BCUT2D eigenvalue weighted by Gasteiger charge is 2.41. The van der Waals surface area contributed by atoms with Gasteiger partial charge in [0.25, 0.3) is 0 Å². The third-order valence-corrected chi connectivity index (χ3v) is 2.37. The zero-order valence-corrected chi connectivity index (χ0v) is 10.1. The van der Waals surface area contributed by atoms with Gasteiger partial charge in [-0.15, -0.1) is 0 Å². The van der Waals surface area contributed by atoms with Gasteiger partial charge in [0.05, 0.1) is 19.8 Å². The fourth-order valence-corrected chi connectivity index (χ4v) is 1.40. The van der Waals surface area contributed by atoms with Crippen LogP contribution in [0.5, 0.6) is 5.75 Å². The summed E-state index contributed by atoms with van der Waals surface area (Å²) in [6.45, 7) is 3.37. The molecule has 90 valence electrons. The van der Waals surface area contributed by atoms with E-state index in [1.807, 2.05) is 6.07 Å². The van der Waals surface area contributed by atoms with E-state index in [9.17, 15) is 10.1 Å². The molecule has 0 aliphatic heterocycles. The smallest absolute Gasteiger partial charge is 0.332 e. The third kappa shape index (κ3) is 2.36. The zero-order valence-electron chi connectivity index (χ0n) is 10.1. The summed E-state index contributed by atoms with van der Waals surface area (Å²) in [5.41, 5.74) is -1.19. The van der Waals surface area contributed by atoms with Crippen molar-refractivity contribution in [1.82, 2.24) is 4.98 Å². The Bertz CT molecular complexity index is 453. The van der Waals surface area contributed by atoms with Crippen LogP contribution in [-0.4, -0.2) is 24.7 Å². The lowest BCUT2D eigenvalue weighted by molar-refractivity contribution is -0.147. The maximum absolute atomic E-state index is 11.8. The van der Waals surface area contributed by atoms with Gasteiger partial charge in [0.1, 0.15) is 11.4 Å². The summed E-state index contributed by atoms with van der Waals surface area (Å²) in [6.07, 6.45) is 1.51. The second-order valence-electron chi connectivity index (χ2n) is 3.51. The van der Waals surface area contributed by atoms with Crippen LogP contribution in [-0.2, 0) is 14.9 Å². The molecule has 0 aromatic carbocycles. The lowest BCUT2D eigenvalue weighted by Crippen LogP contribution is -2.34. The number of hydrogen-bond acceptors (Lipinski definition) is 5. The predicted molar refractivity (Wildman–Crippen MR) is 60.4 cm³/mol. The first kappa shape index (κ1) is 13.0. The van der Waals surface area contributed by atoms with Gasteiger partial charge in [-0.3, -0.25) is 4.98 Å². The number of carbonyl (C=O) groups excluding carboxylic acids is 1. The highest BCUT2D eigenvalue weighted by Crippen LogP contribution is 2.30. The van der Waals surface area contributed by atoms with Crippen LogP contribution in [0.4, 0.5) is 0 Å². The van der Waals surface area contributed by atoms with Crippen molar-refractivity contribution < 1.29 is 14.3 Å². The Kier molecular flexibility index (Phi) is 4.05. The van der Waals surface area contributed by atoms with Gasteiger partial charge in [-0.05, 0) is 26.0 Å². The standard InChI is InChI=1S/C12H14N2O3/c1-4-17-11(15)12(2,8-13)10-9(16-3)6-5-7-14-10/h5-7H,4H2,1-3H3. The van der Waals surface area contributed by atoms with Gasteiger partial charge < -0.3 is 9.47 Å². The Morgan fingerprint density at radius 2 is 2.35 bits per heavy atom. The molecule has 1 atom stereocenters. The van der Waals surface area contributed by atoms with E-state index in [0.29, 0.717) is 5.75 Å². The van der Waals surface area contributed by atoms with Crippen molar-refractivity contribution in [3.05, 3.63) is 24.0 Å². The second kappa shape index (κ2) is 5.30. The van der Waals surface area contributed by atoms with E-state index >= 15 is 0 Å². The Balaban J connectivity index is 3.26. The van der Waals surface area contributed by atoms with Crippen molar-refractivity contribution in [2.75, 3.05) is 13.7 Å². The van der Waals surface area contributed by atoms with Crippen molar-refractivity contribution in [3.63, 3.8) is 0 Å². The number of nitriles is 1. The molecule has 0 N–H and O–H groups in total. The molecule has 1 rings (SSSR count). The van der Waals surface area contributed by atoms with Crippen LogP contribution in [0, 0.1) is 11.3 Å². The Morgan fingerprint density at radius 3 is 2.88 bits per heavy atom. The lowest BCUT2D eigenvalue weighted by atomic mass is 9.87. The molecule has 0 amide bonds. The van der Waals surface area contributed by atoms with Gasteiger partial charge in [-0.25, -0.2) is 4.79 Å². The van der Waals surface area contributed by atoms with Crippen LogP contribution in [0.1, 0.15) is 19.5 Å². The van der Waals surface area contributed by atoms with Crippen molar-refractivity contribution in [2.24, 2.45) is 0 Å². The highest BCUT2D eigenvalue weighted by atomic mass is 16.5. The molecule has 0 aliphatic rings. The lowest BCUT2D eigenvalue weighted by Gasteiger charge is -2.20. The normalized spacial score (nSPS) is 13.3. The topological polar surface area (TPSA) is 72.2 Å². The minimum atomic E-state index is -1.46. The minimum absolute atomic E-state index is 0.214. The molecular weight excluding hydrogens is 220 g/mol. The molecule has 5 nitrogen and oxygen atoms in total. The first-order valence-electron chi connectivity index (χ1n) is 5.18. The largest absolute Gasteiger partial charge is 0.495 e. The molecule has 1 aromatic rings. The fraction of sp³-hybridized carbons (Fsp3) is 0.417. The first-order chi connectivity index (χ1) is 8.10. The van der Waals surface area contributed by atoms with Crippen LogP contribution in [0.25, 0.3) is 0 Å². The summed E-state index contributed by atoms with van der Waals surface area (Å²) in [5, 5.41) is 9.21. The van der Waals surface area contributed by atoms with E-state index in [-0.39, 0.29) is 12.3 Å². The summed E-state index contributed by atoms with van der Waals surface area (Å²) in [5.74, 6) is -0.232. The van der Waals surface area contributed by atoms with E-state index in [1.54, 1.807) is 19.1 Å². The van der Waals surface area contributed by atoms with E-state index in [4.69, 9.17) is 9.47 Å². The first-order valence-corrected chi connectivity index (χ1v) is 5.18. The molecule has 1 unspecified atom stereocenters. The van der Waals surface area contributed by atoms with E-state index in [1.165, 1.54) is 20.2 Å². The van der Waals surface area contributed by atoms with Crippen LogP contribution in [0.2, 0.25) is 0 Å². The van der Waals surface area contributed by atoms with Crippen molar-refractivity contribution in [2.45, 2.75) is 19.3 Å². The predicted octanol–water partition coefficient (Wildman–Crippen LogP) is 1.43. The summed E-state index contributed by atoms with van der Waals surface area (Å²) in [4.78, 5) is 15.9. The number of pyridine rings is 1. The number of carbonyl (C=O) groups is 1. The minimum Gasteiger partial charge on any atom is -0.495 e. The highest BCUT2D eigenvalue weighted by molar-refractivity contribution is 5.86. The van der Waals surface area contributed by atoms with Gasteiger partial charge >= 0.3 is 5.97 Å². The average Bonchev–Trinajstić information content (AvgIpc) is 2.38. The van der Waals surface area contributed by atoms with Gasteiger partial charge in [0.2, 0.25) is 0 Å². The van der Waals surface area contributed by atoms with E-state index < -0.39 is 11.4 Å². The summed E-state index contributed by atoms with van der Waals surface area (Å²) >= 11 is 0. The maximum atomic E-state index is 11.8. The third-order valence-electron chi connectivity index (χ3n) is 2.37. The quantitative estimate of drug-likeness (QED) is 0.737. The van der Waals surface area contributed by atoms with Gasteiger partial charge in [-0.1, -0.05) is 0 Å². The zero-order chi connectivity index (χ0) is 12.9. The van der Waals surface area contributed by atoms with Crippen molar-refractivity contribution in [1.29, 1.82) is 5.26 Å². The molecular formula is C12H14N2O3. The number of nitrogens with zero attached hydrogens (tertiary/aromatic N) is 2. The number of hydrogen-bond donors (Lipinski definition) is 0. The molecule has 0 saturated carbocycles. The van der Waals surface area contributed by atoms with Gasteiger partial charge in [-0.2, -0.15) is 5.26 Å². The number of aromatic nitrogens is 1. The second-order valence-corrected chi connectivity index (χ2v) is 3.51. The molecule has 0 aliphatic carbocycles.